The van der Waals surface area contributed by atoms with E-state index in [1.165, 1.54) is 64.6 Å². The van der Waals surface area contributed by atoms with Crippen LogP contribution in [-0.4, -0.2) is 28.8 Å². The van der Waals surface area contributed by atoms with E-state index in [4.69, 9.17) is 0 Å². The molecule has 4 unspecified atom stereocenters. The Balaban J connectivity index is 1.34. The fourth-order valence-corrected chi connectivity index (χ4v) is 10.3. The second kappa shape index (κ2) is 10.6. The quantitative estimate of drug-likeness (QED) is 0.322. The van der Waals surface area contributed by atoms with Gasteiger partial charge < -0.3 is 10.2 Å². The minimum atomic E-state index is -4.59. The summed E-state index contributed by atoms with van der Waals surface area (Å²) in [5.41, 5.74) is 1.15. The Bertz CT molecular complexity index is 1460. The topological polar surface area (TPSA) is 54.3 Å². The molecule has 6 rings (SSSR count). The molecule has 1 aliphatic heterocycles. The van der Waals surface area contributed by atoms with Crippen LogP contribution in [0.2, 0.25) is 0 Å². The number of alkyl halides is 3. The van der Waals surface area contributed by atoms with Gasteiger partial charge in [0, 0.05) is 34.8 Å². The molecule has 2 heterocycles. The second-order valence-electron chi connectivity index (χ2n) is 10.9. The Labute approximate surface area is 239 Å². The molecule has 40 heavy (non-hydrogen) atoms. The van der Waals surface area contributed by atoms with Gasteiger partial charge in [-0.15, -0.1) is 11.8 Å². The molecule has 2 saturated carbocycles. The first-order valence-electron chi connectivity index (χ1n) is 13.9. The molecule has 1 aromatic heterocycles. The number of benzene rings is 2. The Hall–Kier alpha value is -2.72. The van der Waals surface area contributed by atoms with E-state index in [9.17, 15) is 22.8 Å². The summed E-state index contributed by atoms with van der Waals surface area (Å²) in [5, 5.41) is 3.58. The van der Waals surface area contributed by atoms with Crippen LogP contribution in [-0.2, 0) is 17.5 Å². The molecule has 1 N–H and O–H groups in total. The van der Waals surface area contributed by atoms with Gasteiger partial charge in [0.2, 0.25) is 5.91 Å². The van der Waals surface area contributed by atoms with Crippen molar-refractivity contribution < 1.29 is 18.0 Å². The maximum Gasteiger partial charge on any atom is 0.418 e. The van der Waals surface area contributed by atoms with Crippen LogP contribution in [0.15, 0.2) is 58.4 Å². The number of amides is 1. The Morgan fingerprint density at radius 1 is 1.05 bits per heavy atom. The molecular weight excluding hydrogens is 555 g/mol. The molecule has 2 aliphatic carbocycles. The number of carbonyl (C=O) groups is 1. The average Bonchev–Trinajstić information content (AvgIpc) is 3.63. The average molecular weight is 588 g/mol. The third-order valence-corrected chi connectivity index (χ3v) is 11.7. The monoisotopic (exact) mass is 587 g/mol. The highest BCUT2D eigenvalue weighted by atomic mass is 32.2. The molecule has 0 spiro atoms. The maximum absolute atomic E-state index is 13.5. The summed E-state index contributed by atoms with van der Waals surface area (Å²) in [4.78, 5) is 29.4. The normalized spacial score (nSPS) is 25.0. The zero-order chi connectivity index (χ0) is 28.2. The largest absolute Gasteiger partial charge is 0.418 e. The summed E-state index contributed by atoms with van der Waals surface area (Å²) in [6.07, 6.45) is -0.996. The van der Waals surface area contributed by atoms with Gasteiger partial charge in [-0.2, -0.15) is 13.2 Å². The van der Waals surface area contributed by atoms with Gasteiger partial charge >= 0.3 is 11.0 Å². The van der Waals surface area contributed by atoms with Gasteiger partial charge in [0.1, 0.15) is 6.54 Å². The summed E-state index contributed by atoms with van der Waals surface area (Å²) < 4.78 is 41.9. The molecule has 212 valence electrons. The van der Waals surface area contributed by atoms with Crippen LogP contribution in [0.25, 0.3) is 0 Å². The molecule has 3 aromatic rings. The van der Waals surface area contributed by atoms with Gasteiger partial charge in [0.15, 0.2) is 0 Å². The summed E-state index contributed by atoms with van der Waals surface area (Å²) in [6.45, 7) is 5.81. The zero-order valence-corrected chi connectivity index (χ0v) is 24.0. The first-order valence-corrected chi connectivity index (χ1v) is 15.6. The van der Waals surface area contributed by atoms with E-state index in [0.29, 0.717) is 23.0 Å². The predicted molar refractivity (Wildman–Crippen MR) is 154 cm³/mol. The van der Waals surface area contributed by atoms with Gasteiger partial charge in [-0.25, -0.2) is 0 Å². The summed E-state index contributed by atoms with van der Waals surface area (Å²) in [7, 11) is 0. The van der Waals surface area contributed by atoms with Crippen molar-refractivity contribution in [1.82, 2.24) is 4.57 Å². The molecule has 2 fully saturated rings. The number of hydrogen-bond donors (Lipinski definition) is 1. The molecule has 2 aromatic carbocycles. The van der Waals surface area contributed by atoms with E-state index < -0.39 is 17.6 Å². The smallest absolute Gasteiger partial charge is 0.372 e. The lowest BCUT2D eigenvalue weighted by Gasteiger charge is -2.40. The number of fused-ring (bicyclic) bond motifs is 6. The first kappa shape index (κ1) is 27.4. The van der Waals surface area contributed by atoms with Gasteiger partial charge in [-0.3, -0.25) is 14.2 Å². The maximum atomic E-state index is 13.5. The van der Waals surface area contributed by atoms with Crippen LogP contribution in [0.1, 0.15) is 55.0 Å². The van der Waals surface area contributed by atoms with Crippen LogP contribution in [0.5, 0.6) is 0 Å². The minimum absolute atomic E-state index is 0.0790. The summed E-state index contributed by atoms with van der Waals surface area (Å²) in [5.74, 6) is 1.08. The standard InChI is InChI=1S/C30H32F3N3O2S2/c1-3-35(4-2)20-13-11-17(12-14-20)24-25-18-9-10-19(15-18)26(25)39-28-27(24)40-29(38)36(28)16-23(37)34-22-8-6-5-7-21(22)30(31,32)33/h5-8,11-14,18-19,24-26H,3-4,9-10,15-16H2,1-2H3,(H,34,37)/t18?,19?,24-,25?,26?/m1/s1. The Kier molecular flexibility index (Phi) is 7.27. The van der Waals surface area contributed by atoms with Gasteiger partial charge in [0.25, 0.3) is 0 Å². The van der Waals surface area contributed by atoms with Crippen LogP contribution in [0.4, 0.5) is 24.5 Å². The number of para-hydroxylation sites is 1. The van der Waals surface area contributed by atoms with Crippen LogP contribution in [0, 0.1) is 17.8 Å². The third kappa shape index (κ3) is 4.76. The molecule has 3 aliphatic rings. The Morgan fingerprint density at radius 2 is 1.75 bits per heavy atom. The van der Waals surface area contributed by atoms with Gasteiger partial charge in [-0.1, -0.05) is 35.6 Å². The van der Waals surface area contributed by atoms with E-state index in [1.807, 2.05) is 0 Å². The lowest BCUT2D eigenvalue weighted by atomic mass is 9.75. The number of halogens is 3. The summed E-state index contributed by atoms with van der Waals surface area (Å²) >= 11 is 2.90. The molecule has 0 saturated heterocycles. The molecule has 5 nitrogen and oxygen atoms in total. The lowest BCUT2D eigenvalue weighted by molar-refractivity contribution is -0.137. The second-order valence-corrected chi connectivity index (χ2v) is 13.1. The van der Waals surface area contributed by atoms with Crippen molar-refractivity contribution in [2.24, 2.45) is 17.8 Å². The zero-order valence-electron chi connectivity index (χ0n) is 22.4. The highest BCUT2D eigenvalue weighted by Crippen LogP contribution is 2.64. The fraction of sp³-hybridized carbons (Fsp3) is 0.467. The number of thioether (sulfide) groups is 1. The minimum Gasteiger partial charge on any atom is -0.372 e. The molecule has 1 amide bonds. The van der Waals surface area contributed by atoms with E-state index in [0.717, 1.165) is 29.1 Å². The number of carbonyl (C=O) groups excluding carboxylic acids is 1. The lowest BCUT2D eigenvalue weighted by Crippen LogP contribution is -2.35. The highest BCUT2D eigenvalue weighted by molar-refractivity contribution is 8.00. The first-order chi connectivity index (χ1) is 19.2. The third-order valence-electron chi connectivity index (χ3n) is 8.88. The predicted octanol–water partition coefficient (Wildman–Crippen LogP) is 7.07. The fourth-order valence-electron chi connectivity index (χ4n) is 7.11. The molecular formula is C30H32F3N3O2S2. The van der Waals surface area contributed by atoms with Gasteiger partial charge in [-0.05, 0) is 80.7 Å². The van der Waals surface area contributed by atoms with Crippen LogP contribution < -0.4 is 15.1 Å². The van der Waals surface area contributed by atoms with Gasteiger partial charge in [0.05, 0.1) is 16.3 Å². The Morgan fingerprint density at radius 3 is 2.45 bits per heavy atom. The molecule has 2 bridgehead atoms. The van der Waals surface area contributed by atoms with Crippen molar-refractivity contribution in [2.45, 2.75) is 62.0 Å². The van der Waals surface area contributed by atoms with Crippen molar-refractivity contribution in [3.8, 4) is 0 Å². The van der Waals surface area contributed by atoms with E-state index in [1.54, 1.807) is 11.8 Å². The number of nitrogens with zero attached hydrogens (tertiary/aromatic N) is 2. The van der Waals surface area contributed by atoms with E-state index in [-0.39, 0.29) is 23.0 Å². The van der Waals surface area contributed by atoms with Crippen molar-refractivity contribution in [3.05, 3.63) is 74.2 Å². The number of anilines is 2. The number of hydrogen-bond acceptors (Lipinski definition) is 5. The number of rotatable bonds is 7. The molecule has 5 atom stereocenters. The van der Waals surface area contributed by atoms with Crippen molar-refractivity contribution in [3.63, 3.8) is 0 Å². The van der Waals surface area contributed by atoms with E-state index in [2.05, 4.69) is 48.3 Å². The van der Waals surface area contributed by atoms with Crippen LogP contribution >= 0.6 is 23.1 Å². The molecule has 0 radical (unpaired) electrons. The number of thiazole rings is 1. The SMILES string of the molecule is CCN(CC)c1ccc([C@H]2c3sc(=O)n(CC(=O)Nc4ccccc4C(F)(F)F)c3SC3C4CCC(C4)C32)cc1. The number of nitrogens with one attached hydrogen (secondary N) is 1. The van der Waals surface area contributed by atoms with Crippen molar-refractivity contribution >= 4 is 40.4 Å². The van der Waals surface area contributed by atoms with Crippen molar-refractivity contribution in [2.75, 3.05) is 23.3 Å². The highest BCUT2D eigenvalue weighted by Gasteiger charge is 2.55. The molecule has 10 heteroatoms. The van der Waals surface area contributed by atoms with E-state index >= 15 is 0 Å². The van der Waals surface area contributed by atoms with Crippen molar-refractivity contribution in [1.29, 1.82) is 0 Å². The van der Waals surface area contributed by atoms with Crippen LogP contribution in [0.3, 0.4) is 0 Å². The summed E-state index contributed by atoms with van der Waals surface area (Å²) in [6, 6.07) is 13.6. The number of aromatic nitrogens is 1.